The van der Waals surface area contributed by atoms with Crippen molar-refractivity contribution in [2.45, 2.75) is 45.9 Å². The van der Waals surface area contributed by atoms with Crippen LogP contribution in [-0.2, 0) is 9.47 Å². The molecule has 0 aliphatic carbocycles. The van der Waals surface area contributed by atoms with Crippen molar-refractivity contribution in [3.8, 4) is 0 Å². The molecule has 1 aromatic rings. The van der Waals surface area contributed by atoms with Crippen LogP contribution in [0.25, 0.3) is 0 Å². The first-order chi connectivity index (χ1) is 11.8. The van der Waals surface area contributed by atoms with Crippen molar-refractivity contribution >= 4 is 11.9 Å². The van der Waals surface area contributed by atoms with Crippen molar-refractivity contribution in [1.29, 1.82) is 0 Å². The van der Waals surface area contributed by atoms with E-state index >= 15 is 0 Å². The minimum absolute atomic E-state index is 0.0411. The Hall–Kier alpha value is -1.92. The predicted molar refractivity (Wildman–Crippen MR) is 93.6 cm³/mol. The fraction of sp³-hybridized carbons (Fsp3) is 0.579. The van der Waals surface area contributed by atoms with E-state index in [0.29, 0.717) is 13.0 Å². The van der Waals surface area contributed by atoms with Crippen LogP contribution in [0, 0.1) is 11.8 Å². The Kier molecular flexibility index (Phi) is 6.19. The van der Waals surface area contributed by atoms with E-state index < -0.39 is 17.5 Å². The van der Waals surface area contributed by atoms with Crippen molar-refractivity contribution in [1.82, 2.24) is 5.32 Å². The van der Waals surface area contributed by atoms with E-state index in [1.54, 1.807) is 12.1 Å². The number of benzene rings is 1. The first kappa shape index (κ1) is 19.4. The summed E-state index contributed by atoms with van der Waals surface area (Å²) < 4.78 is 11.6. The molecule has 6 nitrogen and oxygen atoms in total. The molecular formula is C19H27NO5. The summed E-state index contributed by atoms with van der Waals surface area (Å²) in [4.78, 5) is 24.2. The van der Waals surface area contributed by atoms with E-state index in [4.69, 9.17) is 9.47 Å². The first-order valence-electron chi connectivity index (χ1n) is 8.68. The van der Waals surface area contributed by atoms with Gasteiger partial charge in [0.25, 0.3) is 0 Å². The number of aromatic carboxylic acids is 1. The van der Waals surface area contributed by atoms with Crippen LogP contribution < -0.4 is 5.32 Å². The summed E-state index contributed by atoms with van der Waals surface area (Å²) in [6.45, 7) is 9.42. The molecule has 0 saturated carbocycles. The molecule has 2 N–H and O–H groups in total. The third-order valence-corrected chi connectivity index (χ3v) is 4.91. The molecule has 6 heteroatoms. The Morgan fingerprint density at radius 2 is 1.84 bits per heavy atom. The van der Waals surface area contributed by atoms with Gasteiger partial charge < -0.3 is 14.6 Å². The maximum Gasteiger partial charge on any atom is 0.339 e. The number of ether oxygens (including phenoxy) is 2. The summed E-state index contributed by atoms with van der Waals surface area (Å²) in [7, 11) is 0. The Labute approximate surface area is 148 Å². The van der Waals surface area contributed by atoms with Crippen LogP contribution in [0.3, 0.4) is 0 Å². The van der Waals surface area contributed by atoms with Gasteiger partial charge in [-0.25, -0.2) is 9.59 Å². The molecule has 1 aromatic carbocycles. The van der Waals surface area contributed by atoms with Crippen LogP contribution in [0.4, 0.5) is 0 Å². The fourth-order valence-corrected chi connectivity index (χ4v) is 3.39. The molecule has 1 aliphatic heterocycles. The third kappa shape index (κ3) is 4.19. The molecule has 0 spiro atoms. The second kappa shape index (κ2) is 7.97. The van der Waals surface area contributed by atoms with Crippen molar-refractivity contribution in [3.63, 3.8) is 0 Å². The molecule has 2 rings (SSSR count). The lowest BCUT2D eigenvalue weighted by Gasteiger charge is -2.42. The van der Waals surface area contributed by atoms with Gasteiger partial charge in [-0.3, -0.25) is 5.32 Å². The minimum Gasteiger partial charge on any atom is -0.478 e. The molecule has 1 unspecified atom stereocenters. The van der Waals surface area contributed by atoms with Crippen molar-refractivity contribution in [2.75, 3.05) is 13.2 Å². The van der Waals surface area contributed by atoms with Crippen molar-refractivity contribution in [2.24, 2.45) is 11.8 Å². The van der Waals surface area contributed by atoms with E-state index in [0.717, 1.165) is 6.54 Å². The van der Waals surface area contributed by atoms with Gasteiger partial charge in [-0.1, -0.05) is 39.8 Å². The monoisotopic (exact) mass is 349 g/mol. The second-order valence-corrected chi connectivity index (χ2v) is 7.02. The van der Waals surface area contributed by atoms with Crippen LogP contribution in [0.15, 0.2) is 24.3 Å². The van der Waals surface area contributed by atoms with Gasteiger partial charge in [0.15, 0.2) is 0 Å². The zero-order valence-electron chi connectivity index (χ0n) is 15.2. The SMILES string of the molecule is CC(C)C(CC1NCCO1)(OC(=O)c1ccccc1C(=O)O)C(C)C. The van der Waals surface area contributed by atoms with Gasteiger partial charge in [-0.2, -0.15) is 0 Å². The van der Waals surface area contributed by atoms with E-state index in [2.05, 4.69) is 5.32 Å². The van der Waals surface area contributed by atoms with Gasteiger partial charge in [0.1, 0.15) is 11.8 Å². The number of carboxylic acid groups (broad SMARTS) is 1. The summed E-state index contributed by atoms with van der Waals surface area (Å²) in [5.74, 6) is -1.68. The van der Waals surface area contributed by atoms with E-state index in [1.807, 2.05) is 27.7 Å². The summed E-state index contributed by atoms with van der Waals surface area (Å²) in [5.41, 5.74) is -0.741. The quantitative estimate of drug-likeness (QED) is 0.736. The maximum absolute atomic E-state index is 12.8. The van der Waals surface area contributed by atoms with Crippen LogP contribution in [0.1, 0.15) is 54.8 Å². The molecule has 1 aliphatic rings. The summed E-state index contributed by atoms with van der Waals surface area (Å²) >= 11 is 0. The molecule has 1 fully saturated rings. The number of hydrogen-bond donors (Lipinski definition) is 2. The highest BCUT2D eigenvalue weighted by Crippen LogP contribution is 2.37. The predicted octanol–water partition coefficient (Wildman–Crippen LogP) is 2.93. The van der Waals surface area contributed by atoms with Crippen LogP contribution >= 0.6 is 0 Å². The Morgan fingerprint density at radius 1 is 1.24 bits per heavy atom. The van der Waals surface area contributed by atoms with Gasteiger partial charge in [-0.15, -0.1) is 0 Å². The average Bonchev–Trinajstić information content (AvgIpc) is 3.06. The minimum atomic E-state index is -1.15. The second-order valence-electron chi connectivity index (χ2n) is 7.02. The number of hydrogen-bond acceptors (Lipinski definition) is 5. The molecule has 0 amide bonds. The maximum atomic E-state index is 12.8. The highest BCUT2D eigenvalue weighted by molar-refractivity contribution is 6.02. The number of carbonyl (C=O) groups is 2. The van der Waals surface area contributed by atoms with Crippen LogP contribution in [0.5, 0.6) is 0 Å². The van der Waals surface area contributed by atoms with Gasteiger partial charge in [-0.05, 0) is 24.0 Å². The summed E-state index contributed by atoms with van der Waals surface area (Å²) in [6.07, 6.45) is 0.343. The topological polar surface area (TPSA) is 84.9 Å². The lowest BCUT2D eigenvalue weighted by atomic mass is 9.77. The third-order valence-electron chi connectivity index (χ3n) is 4.91. The number of nitrogens with one attached hydrogen (secondary N) is 1. The molecule has 0 radical (unpaired) electrons. The number of carboxylic acids is 1. The molecule has 1 atom stereocenters. The zero-order chi connectivity index (χ0) is 18.6. The molecule has 0 bridgehead atoms. The number of rotatable bonds is 7. The highest BCUT2D eigenvalue weighted by Gasteiger charge is 2.44. The Morgan fingerprint density at radius 3 is 2.32 bits per heavy atom. The lowest BCUT2D eigenvalue weighted by Crippen LogP contribution is -2.49. The number of esters is 1. The summed E-state index contributed by atoms with van der Waals surface area (Å²) in [6, 6.07) is 6.13. The van der Waals surface area contributed by atoms with Gasteiger partial charge in [0.2, 0.25) is 0 Å². The van der Waals surface area contributed by atoms with E-state index in [9.17, 15) is 14.7 Å². The Bertz CT molecular complexity index is 612. The molecule has 25 heavy (non-hydrogen) atoms. The van der Waals surface area contributed by atoms with Gasteiger partial charge in [0, 0.05) is 13.0 Å². The highest BCUT2D eigenvalue weighted by atomic mass is 16.6. The average molecular weight is 349 g/mol. The van der Waals surface area contributed by atoms with E-state index in [1.165, 1.54) is 12.1 Å². The fourth-order valence-electron chi connectivity index (χ4n) is 3.39. The van der Waals surface area contributed by atoms with Gasteiger partial charge in [0.05, 0.1) is 17.7 Å². The van der Waals surface area contributed by atoms with Gasteiger partial charge >= 0.3 is 11.9 Å². The van der Waals surface area contributed by atoms with Crippen LogP contribution in [-0.4, -0.2) is 42.0 Å². The molecule has 0 aromatic heterocycles. The smallest absolute Gasteiger partial charge is 0.339 e. The number of carbonyl (C=O) groups excluding carboxylic acids is 1. The molecule has 1 saturated heterocycles. The molecule has 1 heterocycles. The largest absolute Gasteiger partial charge is 0.478 e. The van der Waals surface area contributed by atoms with Crippen molar-refractivity contribution < 1.29 is 24.2 Å². The normalized spacial score (nSPS) is 17.9. The summed E-state index contributed by atoms with van der Waals surface area (Å²) in [5, 5.41) is 12.6. The lowest BCUT2D eigenvalue weighted by molar-refractivity contribution is -0.101. The molecular weight excluding hydrogens is 322 g/mol. The van der Waals surface area contributed by atoms with Crippen molar-refractivity contribution in [3.05, 3.63) is 35.4 Å². The zero-order valence-corrected chi connectivity index (χ0v) is 15.2. The Balaban J connectivity index is 2.32. The molecule has 138 valence electrons. The van der Waals surface area contributed by atoms with Crippen LogP contribution in [0.2, 0.25) is 0 Å². The first-order valence-corrected chi connectivity index (χ1v) is 8.68. The van der Waals surface area contributed by atoms with E-state index in [-0.39, 0.29) is 29.2 Å². The standard InChI is InChI=1S/C19H27NO5/c1-12(2)19(13(3)4,11-16-20-9-10-24-16)25-18(23)15-8-6-5-7-14(15)17(21)22/h5-8,12-13,16,20H,9-11H2,1-4H3,(H,21,22).